The predicted molar refractivity (Wildman–Crippen MR) is 84.8 cm³/mol. The van der Waals surface area contributed by atoms with Gasteiger partial charge < -0.3 is 19.2 Å². The van der Waals surface area contributed by atoms with Gasteiger partial charge in [-0.1, -0.05) is 0 Å². The van der Waals surface area contributed by atoms with Crippen molar-refractivity contribution >= 4 is 17.9 Å². The van der Waals surface area contributed by atoms with Crippen molar-refractivity contribution in [3.8, 4) is 5.88 Å². The van der Waals surface area contributed by atoms with Gasteiger partial charge in [0.1, 0.15) is 11.3 Å². The normalized spacial score (nSPS) is 9.96. The zero-order valence-corrected chi connectivity index (χ0v) is 13.5. The Morgan fingerprint density at radius 1 is 1.24 bits per heavy atom. The fourth-order valence-corrected chi connectivity index (χ4v) is 1.79. The summed E-state index contributed by atoms with van der Waals surface area (Å²) >= 11 is 0. The average molecular weight is 347 g/mol. The molecule has 9 heteroatoms. The third-order valence-corrected chi connectivity index (χ3v) is 2.86. The topological polar surface area (TPSA) is 120 Å². The highest BCUT2D eigenvalue weighted by Crippen LogP contribution is 2.15. The standard InChI is InChI=1S/C16H17N3O6/c1-2-23-14-12(6-3-7-17-14)15(21)25-10-13(20)19-16(22)18-9-11-5-4-8-24-11/h3-8H,2,9-10H2,1H3,(H2,18,19,20,22). The van der Waals surface area contributed by atoms with Crippen molar-refractivity contribution in [2.45, 2.75) is 13.5 Å². The molecule has 0 atom stereocenters. The van der Waals surface area contributed by atoms with Crippen molar-refractivity contribution in [1.82, 2.24) is 15.6 Å². The van der Waals surface area contributed by atoms with Crippen LogP contribution in [0.2, 0.25) is 0 Å². The predicted octanol–water partition coefficient (Wildman–Crippen LogP) is 1.26. The van der Waals surface area contributed by atoms with Crippen molar-refractivity contribution in [3.05, 3.63) is 48.0 Å². The summed E-state index contributed by atoms with van der Waals surface area (Å²) in [5.74, 6) is -0.893. The number of nitrogens with zero attached hydrogens (tertiary/aromatic N) is 1. The van der Waals surface area contributed by atoms with Crippen molar-refractivity contribution < 1.29 is 28.3 Å². The van der Waals surface area contributed by atoms with E-state index in [1.165, 1.54) is 18.5 Å². The molecule has 0 saturated heterocycles. The lowest BCUT2D eigenvalue weighted by Crippen LogP contribution is -2.41. The number of hydrogen-bond acceptors (Lipinski definition) is 7. The smallest absolute Gasteiger partial charge is 0.344 e. The summed E-state index contributed by atoms with van der Waals surface area (Å²) in [7, 11) is 0. The Morgan fingerprint density at radius 3 is 2.80 bits per heavy atom. The molecule has 0 aliphatic heterocycles. The fraction of sp³-hybridized carbons (Fsp3) is 0.250. The number of carbonyl (C=O) groups is 3. The maximum atomic E-state index is 12.0. The van der Waals surface area contributed by atoms with Crippen LogP contribution >= 0.6 is 0 Å². The SMILES string of the molecule is CCOc1ncccc1C(=O)OCC(=O)NC(=O)NCc1ccco1. The molecular formula is C16H17N3O6. The number of aromatic nitrogens is 1. The number of pyridine rings is 1. The Balaban J connectivity index is 1.77. The molecule has 2 rings (SSSR count). The quantitative estimate of drug-likeness (QED) is 0.723. The highest BCUT2D eigenvalue weighted by atomic mass is 16.5. The highest BCUT2D eigenvalue weighted by molar-refractivity contribution is 5.97. The van der Waals surface area contributed by atoms with E-state index < -0.39 is 24.5 Å². The summed E-state index contributed by atoms with van der Waals surface area (Å²) in [6.45, 7) is 1.58. The molecule has 2 aromatic rings. The number of imide groups is 1. The van der Waals surface area contributed by atoms with E-state index in [0.717, 1.165) is 0 Å². The molecular weight excluding hydrogens is 330 g/mol. The van der Waals surface area contributed by atoms with Gasteiger partial charge in [0.2, 0.25) is 5.88 Å². The van der Waals surface area contributed by atoms with Crippen LogP contribution in [0.3, 0.4) is 0 Å². The molecule has 0 aliphatic rings. The molecule has 3 amide bonds. The number of esters is 1. The number of furan rings is 1. The minimum atomic E-state index is -0.775. The monoisotopic (exact) mass is 347 g/mol. The lowest BCUT2D eigenvalue weighted by atomic mass is 10.3. The number of ether oxygens (including phenoxy) is 2. The zero-order chi connectivity index (χ0) is 18.1. The first-order chi connectivity index (χ1) is 12.1. The first-order valence-corrected chi connectivity index (χ1v) is 7.45. The van der Waals surface area contributed by atoms with E-state index in [1.807, 2.05) is 5.32 Å². The molecule has 0 saturated carbocycles. The Bertz CT molecular complexity index is 729. The lowest BCUT2D eigenvalue weighted by molar-refractivity contribution is -0.123. The van der Waals surface area contributed by atoms with Crippen molar-refractivity contribution in [1.29, 1.82) is 0 Å². The van der Waals surface area contributed by atoms with Crippen LogP contribution in [-0.2, 0) is 16.1 Å². The second-order valence-electron chi connectivity index (χ2n) is 4.68. The van der Waals surface area contributed by atoms with Gasteiger partial charge in [0.15, 0.2) is 6.61 Å². The Hall–Kier alpha value is -3.36. The molecule has 0 unspecified atom stereocenters. The van der Waals surface area contributed by atoms with Gasteiger partial charge >= 0.3 is 12.0 Å². The van der Waals surface area contributed by atoms with E-state index >= 15 is 0 Å². The van der Waals surface area contributed by atoms with Gasteiger partial charge in [0.25, 0.3) is 5.91 Å². The number of nitrogens with one attached hydrogen (secondary N) is 2. The summed E-state index contributed by atoms with van der Waals surface area (Å²) in [6.07, 6.45) is 2.94. The zero-order valence-electron chi connectivity index (χ0n) is 13.5. The number of urea groups is 1. The number of rotatable bonds is 7. The second-order valence-corrected chi connectivity index (χ2v) is 4.68. The van der Waals surface area contributed by atoms with E-state index in [1.54, 1.807) is 25.1 Å². The summed E-state index contributed by atoms with van der Waals surface area (Å²) in [5.41, 5.74) is 0.0967. The minimum absolute atomic E-state index is 0.0967. The minimum Gasteiger partial charge on any atom is -0.477 e. The number of amides is 3. The van der Waals surface area contributed by atoms with Crippen LogP contribution in [0.15, 0.2) is 41.1 Å². The van der Waals surface area contributed by atoms with Crippen LogP contribution in [0.5, 0.6) is 5.88 Å². The third kappa shape index (κ3) is 5.65. The van der Waals surface area contributed by atoms with E-state index in [2.05, 4.69) is 10.3 Å². The molecule has 0 radical (unpaired) electrons. The van der Waals surface area contributed by atoms with Gasteiger partial charge in [-0.25, -0.2) is 14.6 Å². The highest BCUT2D eigenvalue weighted by Gasteiger charge is 2.17. The molecule has 2 N–H and O–H groups in total. The van der Waals surface area contributed by atoms with Crippen LogP contribution in [0, 0.1) is 0 Å². The Morgan fingerprint density at radius 2 is 2.08 bits per heavy atom. The van der Waals surface area contributed by atoms with Gasteiger partial charge in [0, 0.05) is 6.20 Å². The van der Waals surface area contributed by atoms with Crippen molar-refractivity contribution in [2.75, 3.05) is 13.2 Å². The maximum Gasteiger partial charge on any atom is 0.344 e. The second kappa shape index (κ2) is 9.06. The van der Waals surface area contributed by atoms with E-state index in [-0.39, 0.29) is 18.0 Å². The summed E-state index contributed by atoms with van der Waals surface area (Å²) in [6, 6.07) is 5.63. The van der Waals surface area contributed by atoms with Crippen LogP contribution in [0.4, 0.5) is 4.79 Å². The molecule has 0 aliphatic carbocycles. The van der Waals surface area contributed by atoms with Gasteiger partial charge in [-0.2, -0.15) is 0 Å². The number of hydrogen-bond donors (Lipinski definition) is 2. The van der Waals surface area contributed by atoms with Crippen molar-refractivity contribution in [3.63, 3.8) is 0 Å². The van der Waals surface area contributed by atoms with Gasteiger partial charge in [-0.3, -0.25) is 10.1 Å². The van der Waals surface area contributed by atoms with Crippen LogP contribution in [0.25, 0.3) is 0 Å². The van der Waals surface area contributed by atoms with Crippen molar-refractivity contribution in [2.24, 2.45) is 0 Å². The van der Waals surface area contributed by atoms with E-state index in [4.69, 9.17) is 13.9 Å². The first kappa shape index (κ1) is 18.0. The molecule has 132 valence electrons. The Labute approximate surface area is 143 Å². The molecule has 2 heterocycles. The van der Waals surface area contributed by atoms with Crippen LogP contribution in [-0.4, -0.2) is 36.1 Å². The molecule has 2 aromatic heterocycles. The van der Waals surface area contributed by atoms with Gasteiger partial charge in [-0.05, 0) is 31.2 Å². The maximum absolute atomic E-state index is 12.0. The van der Waals surface area contributed by atoms with Gasteiger partial charge in [0.05, 0.1) is 19.4 Å². The number of carbonyl (C=O) groups excluding carboxylic acids is 3. The Kier molecular flexibility index (Phi) is 6.52. The summed E-state index contributed by atoms with van der Waals surface area (Å²) < 4.78 is 15.1. The summed E-state index contributed by atoms with van der Waals surface area (Å²) in [5, 5.41) is 4.46. The van der Waals surface area contributed by atoms with Crippen LogP contribution in [0.1, 0.15) is 23.0 Å². The van der Waals surface area contributed by atoms with E-state index in [9.17, 15) is 14.4 Å². The van der Waals surface area contributed by atoms with Gasteiger partial charge in [-0.15, -0.1) is 0 Å². The molecule has 0 fully saturated rings. The molecule has 0 bridgehead atoms. The summed E-state index contributed by atoms with van der Waals surface area (Å²) in [4.78, 5) is 39.1. The fourth-order valence-electron chi connectivity index (χ4n) is 1.79. The lowest BCUT2D eigenvalue weighted by Gasteiger charge is -2.09. The first-order valence-electron chi connectivity index (χ1n) is 7.45. The molecule has 25 heavy (non-hydrogen) atoms. The molecule has 0 aromatic carbocycles. The molecule has 9 nitrogen and oxygen atoms in total. The van der Waals surface area contributed by atoms with Crippen LogP contribution < -0.4 is 15.4 Å². The van der Waals surface area contributed by atoms with E-state index in [0.29, 0.717) is 12.4 Å². The largest absolute Gasteiger partial charge is 0.477 e. The average Bonchev–Trinajstić information content (AvgIpc) is 3.12. The third-order valence-electron chi connectivity index (χ3n) is 2.86. The molecule has 0 spiro atoms.